The van der Waals surface area contributed by atoms with Gasteiger partial charge < -0.3 is 15.3 Å². The van der Waals surface area contributed by atoms with Gasteiger partial charge in [-0.1, -0.05) is 0 Å². The Morgan fingerprint density at radius 1 is 1.62 bits per heavy atom. The number of nitrogens with one attached hydrogen (secondary N) is 1. The van der Waals surface area contributed by atoms with Crippen molar-refractivity contribution in [3.63, 3.8) is 0 Å². The van der Waals surface area contributed by atoms with Crippen LogP contribution in [0.25, 0.3) is 0 Å². The Kier molecular flexibility index (Phi) is 3.62. The van der Waals surface area contributed by atoms with Gasteiger partial charge in [0.2, 0.25) is 0 Å². The number of nitrogens with zero attached hydrogens (tertiary/aromatic N) is 2. The number of hydrogen-bond donors (Lipinski definition) is 2. The van der Waals surface area contributed by atoms with Crippen molar-refractivity contribution in [3.05, 3.63) is 18.3 Å². The second-order valence-electron chi connectivity index (χ2n) is 4.44. The highest BCUT2D eigenvalue weighted by Gasteiger charge is 2.17. The molecule has 1 aliphatic rings. The van der Waals surface area contributed by atoms with Crippen molar-refractivity contribution in [2.24, 2.45) is 5.92 Å². The molecule has 4 nitrogen and oxygen atoms in total. The normalized spacial score (nSPS) is 20.7. The molecule has 2 heterocycles. The van der Waals surface area contributed by atoms with Crippen LogP contribution < -0.4 is 10.2 Å². The second kappa shape index (κ2) is 5.16. The van der Waals surface area contributed by atoms with Crippen LogP contribution in [0, 0.1) is 5.92 Å². The first-order chi connectivity index (χ1) is 7.77. The van der Waals surface area contributed by atoms with Crippen molar-refractivity contribution < 1.29 is 5.11 Å². The molecule has 1 atom stereocenters. The van der Waals surface area contributed by atoms with Gasteiger partial charge >= 0.3 is 0 Å². The Bertz CT molecular complexity index is 337. The number of piperidine rings is 1. The van der Waals surface area contributed by atoms with Crippen molar-refractivity contribution in [2.45, 2.75) is 12.8 Å². The summed E-state index contributed by atoms with van der Waals surface area (Å²) in [6, 6.07) is 3.42. The average molecular weight is 221 g/mol. The van der Waals surface area contributed by atoms with E-state index in [1.54, 1.807) is 18.3 Å². The van der Waals surface area contributed by atoms with Crippen molar-refractivity contribution in [3.8, 4) is 5.75 Å². The summed E-state index contributed by atoms with van der Waals surface area (Å²) in [5.74, 6) is 1.59. The molecule has 0 amide bonds. The first kappa shape index (κ1) is 11.2. The average Bonchev–Trinajstić information content (AvgIpc) is 2.31. The zero-order valence-corrected chi connectivity index (χ0v) is 9.69. The van der Waals surface area contributed by atoms with Gasteiger partial charge in [-0.05, 0) is 44.0 Å². The Morgan fingerprint density at radius 2 is 2.50 bits per heavy atom. The minimum Gasteiger partial charge on any atom is -0.504 e. The molecule has 1 saturated heterocycles. The van der Waals surface area contributed by atoms with Crippen molar-refractivity contribution in [1.82, 2.24) is 10.3 Å². The monoisotopic (exact) mass is 221 g/mol. The predicted molar refractivity (Wildman–Crippen MR) is 64.8 cm³/mol. The molecule has 0 aliphatic carbocycles. The van der Waals surface area contributed by atoms with E-state index in [4.69, 9.17) is 0 Å². The van der Waals surface area contributed by atoms with E-state index in [1.165, 1.54) is 12.8 Å². The smallest absolute Gasteiger partial charge is 0.170 e. The first-order valence-corrected chi connectivity index (χ1v) is 5.83. The summed E-state index contributed by atoms with van der Waals surface area (Å²) in [5.41, 5.74) is 0. The lowest BCUT2D eigenvalue weighted by Crippen LogP contribution is -2.37. The predicted octanol–water partition coefficient (Wildman–Crippen LogP) is 1.22. The molecule has 0 unspecified atom stereocenters. The largest absolute Gasteiger partial charge is 0.504 e. The molecule has 1 aliphatic heterocycles. The second-order valence-corrected chi connectivity index (χ2v) is 4.44. The third-order valence-electron chi connectivity index (χ3n) is 3.06. The molecular weight excluding hydrogens is 202 g/mol. The van der Waals surface area contributed by atoms with Crippen molar-refractivity contribution in [1.29, 1.82) is 0 Å². The van der Waals surface area contributed by atoms with Crippen LogP contribution in [0.4, 0.5) is 5.82 Å². The molecule has 0 bridgehead atoms. The summed E-state index contributed by atoms with van der Waals surface area (Å²) in [6.07, 6.45) is 4.21. The maximum Gasteiger partial charge on any atom is 0.170 e. The van der Waals surface area contributed by atoms with Crippen LogP contribution in [0.2, 0.25) is 0 Å². The lowest BCUT2D eigenvalue weighted by atomic mass is 9.99. The highest BCUT2D eigenvalue weighted by atomic mass is 16.3. The van der Waals surface area contributed by atoms with Gasteiger partial charge in [0.05, 0.1) is 0 Å². The molecule has 4 heteroatoms. The SMILES string of the molecule is CN(C[C@H]1CCCNC1)c1ncccc1O. The highest BCUT2D eigenvalue weighted by Crippen LogP contribution is 2.23. The van der Waals surface area contributed by atoms with Crippen LogP contribution in [0.3, 0.4) is 0 Å². The molecule has 16 heavy (non-hydrogen) atoms. The van der Waals surface area contributed by atoms with Gasteiger partial charge in [0, 0.05) is 19.8 Å². The molecule has 1 aromatic rings. The molecule has 88 valence electrons. The Balaban J connectivity index is 1.96. The molecule has 2 N–H and O–H groups in total. The summed E-state index contributed by atoms with van der Waals surface area (Å²) in [5, 5.41) is 13.1. The van der Waals surface area contributed by atoms with Crippen LogP contribution >= 0.6 is 0 Å². The van der Waals surface area contributed by atoms with Gasteiger partial charge in [-0.3, -0.25) is 0 Å². The van der Waals surface area contributed by atoms with Gasteiger partial charge in [-0.15, -0.1) is 0 Å². The lowest BCUT2D eigenvalue weighted by Gasteiger charge is -2.28. The third-order valence-corrected chi connectivity index (χ3v) is 3.06. The Morgan fingerprint density at radius 3 is 3.19 bits per heavy atom. The van der Waals surface area contributed by atoms with Crippen LogP contribution in [0.5, 0.6) is 5.75 Å². The van der Waals surface area contributed by atoms with E-state index in [0.717, 1.165) is 19.6 Å². The van der Waals surface area contributed by atoms with E-state index >= 15 is 0 Å². The Labute approximate surface area is 96.3 Å². The number of pyridine rings is 1. The van der Waals surface area contributed by atoms with Gasteiger partial charge in [0.1, 0.15) is 0 Å². The van der Waals surface area contributed by atoms with E-state index in [0.29, 0.717) is 11.7 Å². The van der Waals surface area contributed by atoms with Gasteiger partial charge in [0.25, 0.3) is 0 Å². The summed E-state index contributed by atoms with van der Waals surface area (Å²) in [4.78, 5) is 6.23. The fraction of sp³-hybridized carbons (Fsp3) is 0.583. The lowest BCUT2D eigenvalue weighted by molar-refractivity contribution is 0.379. The summed E-state index contributed by atoms with van der Waals surface area (Å²) < 4.78 is 0. The number of aromatic nitrogens is 1. The molecule has 0 aromatic carbocycles. The number of hydrogen-bond acceptors (Lipinski definition) is 4. The van der Waals surface area contributed by atoms with Crippen LogP contribution in [0.1, 0.15) is 12.8 Å². The zero-order chi connectivity index (χ0) is 11.4. The molecule has 0 radical (unpaired) electrons. The Hall–Kier alpha value is -1.29. The molecule has 0 spiro atoms. The maximum atomic E-state index is 9.69. The van der Waals surface area contributed by atoms with Crippen LogP contribution in [-0.4, -0.2) is 36.8 Å². The number of aromatic hydroxyl groups is 1. The van der Waals surface area contributed by atoms with Crippen LogP contribution in [0.15, 0.2) is 18.3 Å². The topological polar surface area (TPSA) is 48.4 Å². The van der Waals surface area contributed by atoms with E-state index in [-0.39, 0.29) is 5.75 Å². The van der Waals surface area contributed by atoms with Gasteiger partial charge in [0.15, 0.2) is 11.6 Å². The molecular formula is C12H19N3O. The van der Waals surface area contributed by atoms with Crippen molar-refractivity contribution >= 4 is 5.82 Å². The summed E-state index contributed by atoms with van der Waals surface area (Å²) in [7, 11) is 1.98. The quantitative estimate of drug-likeness (QED) is 0.806. The van der Waals surface area contributed by atoms with E-state index in [1.807, 2.05) is 11.9 Å². The third kappa shape index (κ3) is 2.64. The number of rotatable bonds is 3. The minimum absolute atomic E-state index is 0.258. The molecule has 1 fully saturated rings. The maximum absolute atomic E-state index is 9.69. The standard InChI is InChI=1S/C12H19N3O/c1-15(9-10-4-2-6-13-8-10)12-11(16)5-3-7-14-12/h3,5,7,10,13,16H,2,4,6,8-9H2,1H3/t10-/m0/s1. The molecule has 1 aromatic heterocycles. The fourth-order valence-corrected chi connectivity index (χ4v) is 2.24. The van der Waals surface area contributed by atoms with Crippen molar-refractivity contribution in [2.75, 3.05) is 31.6 Å². The molecule has 0 saturated carbocycles. The summed E-state index contributed by atoms with van der Waals surface area (Å²) in [6.45, 7) is 3.14. The zero-order valence-electron chi connectivity index (χ0n) is 9.69. The number of anilines is 1. The van der Waals surface area contributed by atoms with Gasteiger partial charge in [-0.2, -0.15) is 0 Å². The fourth-order valence-electron chi connectivity index (χ4n) is 2.24. The first-order valence-electron chi connectivity index (χ1n) is 5.83. The van der Waals surface area contributed by atoms with Gasteiger partial charge in [-0.25, -0.2) is 4.98 Å². The van der Waals surface area contributed by atoms with E-state index in [2.05, 4.69) is 10.3 Å². The summed E-state index contributed by atoms with van der Waals surface area (Å²) >= 11 is 0. The molecule has 2 rings (SSSR count). The van der Waals surface area contributed by atoms with Crippen LogP contribution in [-0.2, 0) is 0 Å². The van der Waals surface area contributed by atoms with E-state index < -0.39 is 0 Å². The minimum atomic E-state index is 0.258. The van der Waals surface area contributed by atoms with E-state index in [9.17, 15) is 5.11 Å². The highest BCUT2D eigenvalue weighted by molar-refractivity contribution is 5.50.